The number of halogens is 2. The van der Waals surface area contributed by atoms with E-state index in [2.05, 4.69) is 22.0 Å². The Morgan fingerprint density at radius 3 is 2.76 bits per heavy atom. The zero-order valence-electron chi connectivity index (χ0n) is 11.4. The topological polar surface area (TPSA) is 33.0 Å². The molecule has 0 saturated heterocycles. The van der Waals surface area contributed by atoms with Gasteiger partial charge in [0.05, 0.1) is 18.2 Å². The monoisotopic (exact) mass is 361 g/mol. The van der Waals surface area contributed by atoms with Crippen LogP contribution in [0.1, 0.15) is 18.1 Å². The van der Waals surface area contributed by atoms with Crippen LogP contribution in [0.25, 0.3) is 11.6 Å². The first-order valence-electron chi connectivity index (χ1n) is 6.44. The SMILES string of the molecule is CCOc1ccc(Br)cc1C=C(C#N)c1ccccc1Cl. The van der Waals surface area contributed by atoms with Gasteiger partial charge in [0.2, 0.25) is 0 Å². The third-order valence-electron chi connectivity index (χ3n) is 2.86. The Kier molecular flexibility index (Phi) is 5.44. The van der Waals surface area contributed by atoms with E-state index in [9.17, 15) is 5.26 Å². The van der Waals surface area contributed by atoms with Crippen LogP contribution in [0.15, 0.2) is 46.9 Å². The molecule has 2 aromatic rings. The Labute approximate surface area is 137 Å². The number of nitriles is 1. The van der Waals surface area contributed by atoms with Crippen molar-refractivity contribution in [3.05, 3.63) is 63.1 Å². The Hall–Kier alpha value is -1.76. The minimum absolute atomic E-state index is 0.500. The molecule has 0 saturated carbocycles. The summed E-state index contributed by atoms with van der Waals surface area (Å²) in [5, 5.41) is 9.98. The smallest absolute Gasteiger partial charge is 0.126 e. The van der Waals surface area contributed by atoms with Gasteiger partial charge in [-0.3, -0.25) is 0 Å². The van der Waals surface area contributed by atoms with Crippen LogP contribution < -0.4 is 4.74 Å². The molecule has 0 unspecified atom stereocenters. The second kappa shape index (κ2) is 7.31. The van der Waals surface area contributed by atoms with Gasteiger partial charge in [-0.05, 0) is 37.3 Å². The number of hydrogen-bond donors (Lipinski definition) is 0. The van der Waals surface area contributed by atoms with Crippen molar-refractivity contribution >= 4 is 39.2 Å². The number of hydrogen-bond acceptors (Lipinski definition) is 2. The van der Waals surface area contributed by atoms with Crippen LogP contribution in [0, 0.1) is 11.3 Å². The molecule has 2 rings (SSSR count). The maximum absolute atomic E-state index is 9.43. The molecule has 2 aromatic carbocycles. The maximum atomic E-state index is 9.43. The Bertz CT molecular complexity index is 719. The molecule has 106 valence electrons. The maximum Gasteiger partial charge on any atom is 0.126 e. The summed E-state index contributed by atoms with van der Waals surface area (Å²) in [4.78, 5) is 0. The van der Waals surface area contributed by atoms with Crippen LogP contribution >= 0.6 is 27.5 Å². The molecule has 0 atom stereocenters. The lowest BCUT2D eigenvalue weighted by molar-refractivity contribution is 0.339. The van der Waals surface area contributed by atoms with Gasteiger partial charge >= 0.3 is 0 Å². The van der Waals surface area contributed by atoms with E-state index in [-0.39, 0.29) is 0 Å². The van der Waals surface area contributed by atoms with E-state index in [1.165, 1.54) is 0 Å². The van der Waals surface area contributed by atoms with E-state index in [1.807, 2.05) is 43.3 Å². The summed E-state index contributed by atoms with van der Waals surface area (Å²) in [6.45, 7) is 2.49. The average Bonchev–Trinajstić information content (AvgIpc) is 2.48. The molecular formula is C17H13BrClNO. The van der Waals surface area contributed by atoms with Gasteiger partial charge in [0.25, 0.3) is 0 Å². The Morgan fingerprint density at radius 2 is 2.10 bits per heavy atom. The standard InChI is InChI=1S/C17H13BrClNO/c1-2-21-17-8-7-14(18)10-12(17)9-13(11-20)15-5-3-4-6-16(15)19/h3-10H,2H2,1H3. The molecule has 0 aliphatic rings. The molecule has 0 aliphatic carbocycles. The molecular weight excluding hydrogens is 350 g/mol. The van der Waals surface area contributed by atoms with Crippen molar-refractivity contribution in [1.82, 2.24) is 0 Å². The zero-order chi connectivity index (χ0) is 15.2. The third kappa shape index (κ3) is 3.87. The molecule has 21 heavy (non-hydrogen) atoms. The van der Waals surface area contributed by atoms with Crippen LogP contribution in [0.2, 0.25) is 5.02 Å². The van der Waals surface area contributed by atoms with Crippen molar-refractivity contribution in [3.63, 3.8) is 0 Å². The molecule has 0 heterocycles. The van der Waals surface area contributed by atoms with E-state index >= 15 is 0 Å². The second-order valence-corrected chi connectivity index (χ2v) is 5.59. The van der Waals surface area contributed by atoms with Crippen LogP contribution in [0.3, 0.4) is 0 Å². The van der Waals surface area contributed by atoms with Gasteiger partial charge in [-0.15, -0.1) is 0 Å². The third-order valence-corrected chi connectivity index (χ3v) is 3.68. The van der Waals surface area contributed by atoms with Crippen molar-refractivity contribution in [2.24, 2.45) is 0 Å². The molecule has 0 spiro atoms. The van der Waals surface area contributed by atoms with E-state index in [4.69, 9.17) is 16.3 Å². The van der Waals surface area contributed by atoms with Crippen molar-refractivity contribution in [2.75, 3.05) is 6.61 Å². The van der Waals surface area contributed by atoms with E-state index in [0.29, 0.717) is 22.8 Å². The van der Waals surface area contributed by atoms with Crippen LogP contribution in [-0.4, -0.2) is 6.61 Å². The number of benzene rings is 2. The lowest BCUT2D eigenvalue weighted by Crippen LogP contribution is -1.94. The van der Waals surface area contributed by atoms with Crippen molar-refractivity contribution < 1.29 is 4.74 Å². The van der Waals surface area contributed by atoms with Crippen molar-refractivity contribution in [3.8, 4) is 11.8 Å². The average molecular weight is 363 g/mol. The molecule has 0 bridgehead atoms. The van der Waals surface area contributed by atoms with Crippen molar-refractivity contribution in [1.29, 1.82) is 5.26 Å². The van der Waals surface area contributed by atoms with Gasteiger partial charge in [0, 0.05) is 20.6 Å². The summed E-state index contributed by atoms with van der Waals surface area (Å²) in [6, 6.07) is 15.2. The highest BCUT2D eigenvalue weighted by Crippen LogP contribution is 2.30. The van der Waals surface area contributed by atoms with Crippen molar-refractivity contribution in [2.45, 2.75) is 6.92 Å². The summed E-state index contributed by atoms with van der Waals surface area (Å²) >= 11 is 9.60. The minimum Gasteiger partial charge on any atom is -0.493 e. The lowest BCUT2D eigenvalue weighted by atomic mass is 10.0. The van der Waals surface area contributed by atoms with Crippen LogP contribution in [0.4, 0.5) is 0 Å². The second-order valence-electron chi connectivity index (χ2n) is 4.26. The molecule has 0 N–H and O–H groups in total. The van der Waals surface area contributed by atoms with Gasteiger partial charge in [-0.25, -0.2) is 0 Å². The van der Waals surface area contributed by atoms with Gasteiger partial charge in [-0.1, -0.05) is 45.7 Å². The first-order valence-corrected chi connectivity index (χ1v) is 7.62. The highest BCUT2D eigenvalue weighted by Gasteiger charge is 2.08. The molecule has 0 aromatic heterocycles. The molecule has 0 radical (unpaired) electrons. The Balaban J connectivity index is 2.53. The minimum atomic E-state index is 0.500. The quantitative estimate of drug-likeness (QED) is 0.526. The molecule has 4 heteroatoms. The summed E-state index contributed by atoms with van der Waals surface area (Å²) in [6.07, 6.45) is 1.79. The summed E-state index contributed by atoms with van der Waals surface area (Å²) in [7, 11) is 0. The molecule has 0 amide bonds. The highest BCUT2D eigenvalue weighted by atomic mass is 79.9. The summed E-state index contributed by atoms with van der Waals surface area (Å²) in [5.74, 6) is 0.737. The van der Waals surface area contributed by atoms with Gasteiger partial charge in [-0.2, -0.15) is 5.26 Å². The number of rotatable bonds is 4. The fourth-order valence-corrected chi connectivity index (χ4v) is 2.54. The van der Waals surface area contributed by atoms with Gasteiger partial charge in [0.15, 0.2) is 0 Å². The summed E-state index contributed by atoms with van der Waals surface area (Å²) in [5.41, 5.74) is 2.05. The first kappa shape index (κ1) is 15.6. The number of allylic oxidation sites excluding steroid dienone is 1. The highest BCUT2D eigenvalue weighted by molar-refractivity contribution is 9.10. The first-order chi connectivity index (χ1) is 10.2. The van der Waals surface area contributed by atoms with Gasteiger partial charge < -0.3 is 4.74 Å². The fourth-order valence-electron chi connectivity index (χ4n) is 1.92. The fraction of sp³-hybridized carbons (Fsp3) is 0.118. The Morgan fingerprint density at radius 1 is 1.33 bits per heavy atom. The zero-order valence-corrected chi connectivity index (χ0v) is 13.8. The predicted molar refractivity (Wildman–Crippen MR) is 90.2 cm³/mol. The predicted octanol–water partition coefficient (Wildman–Crippen LogP) is 5.57. The summed E-state index contributed by atoms with van der Waals surface area (Å²) < 4.78 is 6.52. The normalized spacial score (nSPS) is 11.0. The largest absolute Gasteiger partial charge is 0.493 e. The van der Waals surface area contributed by atoms with E-state index in [0.717, 1.165) is 15.8 Å². The molecule has 2 nitrogen and oxygen atoms in total. The van der Waals surface area contributed by atoms with Gasteiger partial charge in [0.1, 0.15) is 5.75 Å². The van der Waals surface area contributed by atoms with E-state index < -0.39 is 0 Å². The molecule has 0 fully saturated rings. The number of ether oxygens (including phenoxy) is 1. The molecule has 0 aliphatic heterocycles. The van der Waals surface area contributed by atoms with Crippen LogP contribution in [-0.2, 0) is 0 Å². The lowest BCUT2D eigenvalue weighted by Gasteiger charge is -2.09. The number of nitrogens with zero attached hydrogens (tertiary/aromatic N) is 1. The van der Waals surface area contributed by atoms with Crippen LogP contribution in [0.5, 0.6) is 5.75 Å². The van der Waals surface area contributed by atoms with E-state index in [1.54, 1.807) is 12.1 Å².